The van der Waals surface area contributed by atoms with Crippen molar-refractivity contribution in [3.05, 3.63) is 74.4 Å². The minimum atomic E-state index is -0.457. The van der Waals surface area contributed by atoms with Crippen LogP contribution in [0.4, 0.5) is 11.6 Å². The van der Waals surface area contributed by atoms with Gasteiger partial charge in [0.25, 0.3) is 11.2 Å². The summed E-state index contributed by atoms with van der Waals surface area (Å²) < 4.78 is 5.64. The lowest BCUT2D eigenvalue weighted by atomic mass is 10.1. The molecule has 25 heavy (non-hydrogen) atoms. The Balaban J connectivity index is 1.70. The standard InChI is InChI=1S/C16H13N5O4/c1-10-8-15(22)19-16(18-10)20-17-9-13-6-7-14(25-13)11-2-4-12(5-3-11)21(23)24/h2-8H,9H2,1H3,(H,18,19,22). The maximum absolute atomic E-state index is 11.3. The Hall–Kier alpha value is -3.62. The summed E-state index contributed by atoms with van der Waals surface area (Å²) in [5, 5.41) is 18.5. The summed E-state index contributed by atoms with van der Waals surface area (Å²) in [6, 6.07) is 10.9. The van der Waals surface area contributed by atoms with Crippen LogP contribution >= 0.6 is 0 Å². The highest BCUT2D eigenvalue weighted by molar-refractivity contribution is 5.59. The second kappa shape index (κ2) is 6.87. The third kappa shape index (κ3) is 4.02. The van der Waals surface area contributed by atoms with Crippen LogP contribution < -0.4 is 5.56 Å². The van der Waals surface area contributed by atoms with E-state index in [9.17, 15) is 14.9 Å². The minimum Gasteiger partial charge on any atom is -0.459 e. The molecule has 0 aliphatic heterocycles. The first-order chi connectivity index (χ1) is 12.0. The average molecular weight is 339 g/mol. The number of furan rings is 1. The van der Waals surface area contributed by atoms with E-state index in [0.29, 0.717) is 17.2 Å². The monoisotopic (exact) mass is 339 g/mol. The second-order valence-electron chi connectivity index (χ2n) is 5.18. The molecule has 0 atom stereocenters. The first kappa shape index (κ1) is 16.2. The van der Waals surface area contributed by atoms with E-state index >= 15 is 0 Å². The van der Waals surface area contributed by atoms with Crippen molar-refractivity contribution >= 4 is 11.6 Å². The van der Waals surface area contributed by atoms with Crippen LogP contribution in [-0.4, -0.2) is 14.9 Å². The summed E-state index contributed by atoms with van der Waals surface area (Å²) >= 11 is 0. The van der Waals surface area contributed by atoms with Crippen LogP contribution in [0.5, 0.6) is 0 Å². The SMILES string of the molecule is Cc1cc(=O)[nH]c(N=NCc2ccc(-c3ccc([N+](=O)[O-])cc3)o2)n1. The molecule has 9 nitrogen and oxygen atoms in total. The largest absolute Gasteiger partial charge is 0.459 e. The molecule has 3 rings (SSSR count). The van der Waals surface area contributed by atoms with Crippen molar-refractivity contribution in [2.24, 2.45) is 10.2 Å². The Labute approximate surface area is 141 Å². The maximum Gasteiger partial charge on any atom is 0.269 e. The highest BCUT2D eigenvalue weighted by atomic mass is 16.6. The lowest BCUT2D eigenvalue weighted by molar-refractivity contribution is -0.384. The Morgan fingerprint density at radius 2 is 2.00 bits per heavy atom. The van der Waals surface area contributed by atoms with Crippen molar-refractivity contribution in [2.75, 3.05) is 0 Å². The van der Waals surface area contributed by atoms with Gasteiger partial charge in [0.2, 0.25) is 5.95 Å². The Morgan fingerprint density at radius 1 is 1.24 bits per heavy atom. The van der Waals surface area contributed by atoms with Crippen molar-refractivity contribution in [3.63, 3.8) is 0 Å². The van der Waals surface area contributed by atoms with Crippen LogP contribution in [0.15, 0.2) is 61.9 Å². The molecule has 0 unspecified atom stereocenters. The van der Waals surface area contributed by atoms with Crippen molar-refractivity contribution < 1.29 is 9.34 Å². The zero-order valence-electron chi connectivity index (χ0n) is 13.2. The molecule has 2 heterocycles. The fourth-order valence-electron chi connectivity index (χ4n) is 2.15. The molecule has 3 aromatic rings. The molecule has 0 spiro atoms. The predicted molar refractivity (Wildman–Crippen MR) is 88.6 cm³/mol. The number of nitrogens with one attached hydrogen (secondary N) is 1. The molecule has 9 heteroatoms. The molecule has 0 aliphatic carbocycles. The number of nitro benzene ring substituents is 1. The molecule has 2 aromatic heterocycles. The summed E-state index contributed by atoms with van der Waals surface area (Å²) in [6.07, 6.45) is 0. The summed E-state index contributed by atoms with van der Waals surface area (Å²) in [5.41, 5.74) is 0.999. The Kier molecular flexibility index (Phi) is 4.46. The summed E-state index contributed by atoms with van der Waals surface area (Å²) in [6.45, 7) is 1.86. The molecule has 0 saturated heterocycles. The average Bonchev–Trinajstić information content (AvgIpc) is 3.03. The molecule has 0 amide bonds. The number of nitro groups is 1. The number of benzene rings is 1. The van der Waals surface area contributed by atoms with E-state index in [0.717, 1.165) is 5.56 Å². The summed E-state index contributed by atoms with van der Waals surface area (Å²) in [4.78, 5) is 28.0. The molecule has 0 aliphatic rings. The van der Waals surface area contributed by atoms with E-state index in [4.69, 9.17) is 4.42 Å². The molecule has 0 fully saturated rings. The predicted octanol–water partition coefficient (Wildman–Crippen LogP) is 3.53. The van der Waals surface area contributed by atoms with Gasteiger partial charge in [0, 0.05) is 29.5 Å². The van der Waals surface area contributed by atoms with E-state index in [-0.39, 0.29) is 23.7 Å². The number of aromatic amines is 1. The number of nitrogens with zero attached hydrogens (tertiary/aromatic N) is 4. The van der Waals surface area contributed by atoms with Crippen molar-refractivity contribution in [1.82, 2.24) is 9.97 Å². The quantitative estimate of drug-likeness (QED) is 0.432. The third-order valence-electron chi connectivity index (χ3n) is 3.27. The van der Waals surface area contributed by atoms with Gasteiger partial charge >= 0.3 is 0 Å². The Bertz CT molecular complexity index is 988. The first-order valence-electron chi connectivity index (χ1n) is 7.30. The van der Waals surface area contributed by atoms with Crippen molar-refractivity contribution in [1.29, 1.82) is 0 Å². The minimum absolute atomic E-state index is 0.0176. The molecule has 0 saturated carbocycles. The normalized spacial score (nSPS) is 11.1. The topological polar surface area (TPSA) is 127 Å². The van der Waals surface area contributed by atoms with E-state index in [2.05, 4.69) is 20.2 Å². The number of azo groups is 1. The van der Waals surface area contributed by atoms with E-state index in [1.165, 1.54) is 18.2 Å². The fourth-order valence-corrected chi connectivity index (χ4v) is 2.15. The highest BCUT2D eigenvalue weighted by Gasteiger charge is 2.08. The van der Waals surface area contributed by atoms with Gasteiger partial charge in [0.1, 0.15) is 18.1 Å². The van der Waals surface area contributed by atoms with Crippen LogP contribution in [0.2, 0.25) is 0 Å². The number of aromatic nitrogens is 2. The van der Waals surface area contributed by atoms with E-state index in [1.54, 1.807) is 31.2 Å². The van der Waals surface area contributed by atoms with Gasteiger partial charge in [-0.1, -0.05) is 0 Å². The molecule has 1 aromatic carbocycles. The van der Waals surface area contributed by atoms with Crippen molar-refractivity contribution in [2.45, 2.75) is 13.5 Å². The van der Waals surface area contributed by atoms with Gasteiger partial charge in [0.05, 0.1) is 4.92 Å². The van der Waals surface area contributed by atoms with Crippen LogP contribution in [-0.2, 0) is 6.54 Å². The molecular weight excluding hydrogens is 326 g/mol. The number of aryl methyl sites for hydroxylation is 1. The zero-order chi connectivity index (χ0) is 17.8. The number of hydrogen-bond acceptors (Lipinski definition) is 7. The van der Waals surface area contributed by atoms with Gasteiger partial charge in [-0.15, -0.1) is 5.11 Å². The van der Waals surface area contributed by atoms with E-state index in [1.807, 2.05) is 0 Å². The second-order valence-corrected chi connectivity index (χ2v) is 5.18. The molecule has 1 N–H and O–H groups in total. The van der Waals surface area contributed by atoms with Gasteiger partial charge < -0.3 is 4.42 Å². The maximum atomic E-state index is 11.3. The molecular formula is C16H13N5O4. The van der Waals surface area contributed by atoms with Gasteiger partial charge in [-0.3, -0.25) is 19.9 Å². The number of rotatable bonds is 5. The third-order valence-corrected chi connectivity index (χ3v) is 3.27. The molecule has 126 valence electrons. The zero-order valence-corrected chi connectivity index (χ0v) is 13.2. The smallest absolute Gasteiger partial charge is 0.269 e. The van der Waals surface area contributed by atoms with Gasteiger partial charge in [-0.05, 0) is 31.2 Å². The number of non-ortho nitro benzene ring substituents is 1. The molecule has 0 bridgehead atoms. The highest BCUT2D eigenvalue weighted by Crippen LogP contribution is 2.24. The van der Waals surface area contributed by atoms with Crippen LogP contribution in [0.3, 0.4) is 0 Å². The van der Waals surface area contributed by atoms with Gasteiger partial charge in [0.15, 0.2) is 0 Å². The molecule has 0 radical (unpaired) electrons. The van der Waals surface area contributed by atoms with Gasteiger partial charge in [-0.25, -0.2) is 4.98 Å². The van der Waals surface area contributed by atoms with Crippen LogP contribution in [0, 0.1) is 17.0 Å². The summed E-state index contributed by atoms with van der Waals surface area (Å²) in [7, 11) is 0. The lowest BCUT2D eigenvalue weighted by Gasteiger charge is -1.97. The van der Waals surface area contributed by atoms with E-state index < -0.39 is 4.92 Å². The lowest BCUT2D eigenvalue weighted by Crippen LogP contribution is -2.05. The van der Waals surface area contributed by atoms with Crippen molar-refractivity contribution in [3.8, 4) is 11.3 Å². The Morgan fingerprint density at radius 3 is 2.68 bits per heavy atom. The fraction of sp³-hybridized carbons (Fsp3) is 0.125. The number of hydrogen-bond donors (Lipinski definition) is 1. The van der Waals surface area contributed by atoms with Gasteiger partial charge in [-0.2, -0.15) is 5.11 Å². The first-order valence-corrected chi connectivity index (χ1v) is 7.30. The number of H-pyrrole nitrogens is 1. The van der Waals surface area contributed by atoms with Crippen LogP contribution in [0.25, 0.3) is 11.3 Å². The summed E-state index contributed by atoms with van der Waals surface area (Å²) in [5.74, 6) is 1.27. The van der Waals surface area contributed by atoms with Crippen LogP contribution in [0.1, 0.15) is 11.5 Å².